The molecular weight excluding hydrogens is 556 g/mol. The zero-order valence-electron chi connectivity index (χ0n) is 29.1. The molecule has 0 bridgehead atoms. The average molecular weight is 623 g/mol. The summed E-state index contributed by atoms with van der Waals surface area (Å²) in [6.07, 6.45) is 50.6. The van der Waals surface area contributed by atoms with Crippen molar-refractivity contribution in [1.82, 2.24) is 0 Å². The van der Waals surface area contributed by atoms with E-state index in [9.17, 15) is 9.59 Å². The highest BCUT2D eigenvalue weighted by Crippen LogP contribution is 2.07. The standard InChI is InChI=1S/C41H66O4/c1-4-6-8-10-12-14-16-18-20-21-23-24-26-28-30-32-34-36-40(42)44-38-39(3)45-41(43)37-35-33-31-29-27-25-22-19-17-15-13-11-9-7-5-2/h12-15,18-20,22-24,27-30,39H,4-11,16-17,21,25-26,31-38H2,1-3H3/b14-12-,15-13-,20-18-,22-19-,24-23-,29-27-,30-28-. The Kier molecular flexibility index (Phi) is 33.3. The van der Waals surface area contributed by atoms with Crippen LogP contribution < -0.4 is 0 Å². The predicted octanol–water partition coefficient (Wildman–Crippen LogP) is 12.2. The molecule has 0 aromatic heterocycles. The highest BCUT2D eigenvalue weighted by Gasteiger charge is 2.12. The van der Waals surface area contributed by atoms with Crippen LogP contribution in [-0.2, 0) is 19.1 Å². The highest BCUT2D eigenvalue weighted by atomic mass is 16.6. The Balaban J connectivity index is 3.67. The Hall–Kier alpha value is -2.88. The zero-order chi connectivity index (χ0) is 32.9. The van der Waals surface area contributed by atoms with Crippen LogP contribution in [0.15, 0.2) is 85.1 Å². The molecule has 0 aliphatic carbocycles. The van der Waals surface area contributed by atoms with Gasteiger partial charge in [-0.15, -0.1) is 0 Å². The summed E-state index contributed by atoms with van der Waals surface area (Å²) in [5.41, 5.74) is 0. The third kappa shape index (κ3) is 35.5. The van der Waals surface area contributed by atoms with Gasteiger partial charge >= 0.3 is 11.9 Å². The maximum atomic E-state index is 12.1. The van der Waals surface area contributed by atoms with Gasteiger partial charge in [0.15, 0.2) is 0 Å². The summed E-state index contributed by atoms with van der Waals surface area (Å²) >= 11 is 0. The molecule has 4 heteroatoms. The first-order valence-electron chi connectivity index (χ1n) is 18.0. The second-order valence-electron chi connectivity index (χ2n) is 11.6. The molecule has 0 aromatic rings. The summed E-state index contributed by atoms with van der Waals surface area (Å²) < 4.78 is 10.7. The second-order valence-corrected chi connectivity index (χ2v) is 11.6. The second kappa shape index (κ2) is 35.6. The molecule has 0 N–H and O–H groups in total. The number of allylic oxidation sites excluding steroid dienone is 14. The van der Waals surface area contributed by atoms with Crippen molar-refractivity contribution in [3.63, 3.8) is 0 Å². The van der Waals surface area contributed by atoms with Crippen molar-refractivity contribution in [2.24, 2.45) is 0 Å². The molecule has 0 radical (unpaired) electrons. The molecule has 0 saturated heterocycles. The van der Waals surface area contributed by atoms with Gasteiger partial charge in [0.1, 0.15) is 12.7 Å². The van der Waals surface area contributed by atoms with Crippen LogP contribution >= 0.6 is 0 Å². The molecule has 0 aliphatic heterocycles. The van der Waals surface area contributed by atoms with Crippen molar-refractivity contribution in [2.45, 2.75) is 155 Å². The number of carbonyl (C=O) groups is 2. The van der Waals surface area contributed by atoms with Crippen LogP contribution in [0.3, 0.4) is 0 Å². The summed E-state index contributed by atoms with van der Waals surface area (Å²) in [7, 11) is 0. The number of rotatable bonds is 30. The van der Waals surface area contributed by atoms with Crippen LogP contribution in [0.2, 0.25) is 0 Å². The smallest absolute Gasteiger partial charge is 0.306 e. The van der Waals surface area contributed by atoms with Crippen LogP contribution in [0.1, 0.15) is 149 Å². The number of hydrogen-bond acceptors (Lipinski definition) is 4. The first-order valence-corrected chi connectivity index (χ1v) is 18.0. The number of ether oxygens (including phenoxy) is 2. The van der Waals surface area contributed by atoms with Gasteiger partial charge in [0.25, 0.3) is 0 Å². The Morgan fingerprint density at radius 2 is 0.822 bits per heavy atom. The van der Waals surface area contributed by atoms with Gasteiger partial charge in [-0.1, -0.05) is 125 Å². The number of hydrogen-bond donors (Lipinski definition) is 0. The largest absolute Gasteiger partial charge is 0.462 e. The van der Waals surface area contributed by atoms with E-state index in [1.54, 1.807) is 6.92 Å². The third-order valence-electron chi connectivity index (χ3n) is 7.04. The maximum Gasteiger partial charge on any atom is 0.306 e. The first-order chi connectivity index (χ1) is 22.1. The maximum absolute atomic E-state index is 12.1. The van der Waals surface area contributed by atoms with Crippen molar-refractivity contribution in [3.8, 4) is 0 Å². The third-order valence-corrected chi connectivity index (χ3v) is 7.04. The van der Waals surface area contributed by atoms with Gasteiger partial charge in [0.2, 0.25) is 0 Å². The predicted molar refractivity (Wildman–Crippen MR) is 194 cm³/mol. The molecule has 254 valence electrons. The Bertz CT molecular complexity index is 887. The van der Waals surface area contributed by atoms with Gasteiger partial charge in [0.05, 0.1) is 0 Å². The fraction of sp³-hybridized carbons (Fsp3) is 0.610. The lowest BCUT2D eigenvalue weighted by molar-refractivity contribution is -0.158. The summed E-state index contributed by atoms with van der Waals surface area (Å²) in [6.45, 7) is 6.34. The van der Waals surface area contributed by atoms with E-state index in [1.165, 1.54) is 51.4 Å². The van der Waals surface area contributed by atoms with E-state index in [1.807, 2.05) is 0 Å². The van der Waals surface area contributed by atoms with Crippen molar-refractivity contribution in [3.05, 3.63) is 85.1 Å². The average Bonchev–Trinajstić information content (AvgIpc) is 3.03. The minimum absolute atomic E-state index is 0.111. The summed E-state index contributed by atoms with van der Waals surface area (Å²) in [4.78, 5) is 24.1. The fourth-order valence-electron chi connectivity index (χ4n) is 4.35. The monoisotopic (exact) mass is 622 g/mol. The minimum atomic E-state index is -0.423. The molecule has 0 aromatic carbocycles. The van der Waals surface area contributed by atoms with Crippen LogP contribution in [0, 0.1) is 0 Å². The van der Waals surface area contributed by atoms with Crippen molar-refractivity contribution >= 4 is 11.9 Å². The molecule has 0 fully saturated rings. The van der Waals surface area contributed by atoms with Gasteiger partial charge in [-0.3, -0.25) is 9.59 Å². The molecule has 45 heavy (non-hydrogen) atoms. The minimum Gasteiger partial charge on any atom is -0.462 e. The highest BCUT2D eigenvalue weighted by molar-refractivity contribution is 5.70. The summed E-state index contributed by atoms with van der Waals surface area (Å²) in [5.74, 6) is -0.469. The van der Waals surface area contributed by atoms with Crippen LogP contribution in [0.25, 0.3) is 0 Å². The van der Waals surface area contributed by atoms with E-state index in [4.69, 9.17) is 9.47 Å². The molecule has 0 aliphatic rings. The SMILES string of the molecule is CCCCC/C=C\C/C=C\C/C=C\C/C=C\CCCC(=O)OCC(C)OC(=O)CCCC/C=C\C/C=C\C/C=C\CCCCC. The van der Waals surface area contributed by atoms with Crippen LogP contribution in [0.4, 0.5) is 0 Å². The lowest BCUT2D eigenvalue weighted by Crippen LogP contribution is -2.22. The lowest BCUT2D eigenvalue weighted by Gasteiger charge is -2.13. The van der Waals surface area contributed by atoms with Crippen molar-refractivity contribution in [1.29, 1.82) is 0 Å². The van der Waals surface area contributed by atoms with Gasteiger partial charge in [-0.25, -0.2) is 0 Å². The van der Waals surface area contributed by atoms with Crippen molar-refractivity contribution < 1.29 is 19.1 Å². The number of esters is 2. The summed E-state index contributed by atoms with van der Waals surface area (Å²) in [6, 6.07) is 0. The van der Waals surface area contributed by atoms with Crippen molar-refractivity contribution in [2.75, 3.05) is 6.61 Å². The summed E-state index contributed by atoms with van der Waals surface area (Å²) in [5, 5.41) is 0. The molecule has 0 spiro atoms. The zero-order valence-corrected chi connectivity index (χ0v) is 29.1. The Labute approximate surface area is 277 Å². The van der Waals surface area contributed by atoms with Gasteiger partial charge in [0, 0.05) is 12.8 Å². The normalized spacial score (nSPS) is 13.2. The molecule has 1 atom stereocenters. The van der Waals surface area contributed by atoms with E-state index < -0.39 is 6.10 Å². The molecule has 0 saturated carbocycles. The van der Waals surface area contributed by atoms with Gasteiger partial charge < -0.3 is 9.47 Å². The van der Waals surface area contributed by atoms with E-state index in [0.29, 0.717) is 12.8 Å². The Morgan fingerprint density at radius 1 is 0.467 bits per heavy atom. The number of unbranched alkanes of at least 4 members (excludes halogenated alkanes) is 9. The molecule has 1 unspecified atom stereocenters. The molecule has 4 nitrogen and oxygen atoms in total. The van der Waals surface area contributed by atoms with Gasteiger partial charge in [-0.2, -0.15) is 0 Å². The number of carbonyl (C=O) groups excluding carboxylic acids is 2. The quantitative estimate of drug-likeness (QED) is 0.0454. The van der Waals surface area contributed by atoms with Crippen LogP contribution in [0.5, 0.6) is 0 Å². The molecule has 0 rings (SSSR count). The topological polar surface area (TPSA) is 52.6 Å². The van der Waals surface area contributed by atoms with E-state index in [2.05, 4.69) is 98.9 Å². The van der Waals surface area contributed by atoms with E-state index >= 15 is 0 Å². The molecular formula is C41H66O4. The molecule has 0 amide bonds. The fourth-order valence-corrected chi connectivity index (χ4v) is 4.35. The Morgan fingerprint density at radius 3 is 1.24 bits per heavy atom. The molecule has 0 heterocycles. The first kappa shape index (κ1) is 42.1. The van der Waals surface area contributed by atoms with E-state index in [-0.39, 0.29) is 18.5 Å². The van der Waals surface area contributed by atoms with Crippen LogP contribution in [-0.4, -0.2) is 24.6 Å². The van der Waals surface area contributed by atoms with Gasteiger partial charge in [-0.05, 0) is 96.8 Å². The van der Waals surface area contributed by atoms with E-state index in [0.717, 1.165) is 64.2 Å². The lowest BCUT2D eigenvalue weighted by atomic mass is 10.1.